The number of hydrogen-bond acceptors (Lipinski definition) is 4. The number of halogens is 3. The van der Waals surface area contributed by atoms with Gasteiger partial charge in [-0.2, -0.15) is 13.2 Å². The van der Waals surface area contributed by atoms with Crippen LogP contribution in [0, 0.1) is 0 Å². The molecule has 0 N–H and O–H groups in total. The van der Waals surface area contributed by atoms with Gasteiger partial charge in [-0.15, -0.1) is 0 Å². The fourth-order valence-electron chi connectivity index (χ4n) is 5.29. The van der Waals surface area contributed by atoms with Gasteiger partial charge in [0.2, 0.25) is 0 Å². The zero-order valence-electron chi connectivity index (χ0n) is 21.9. The Bertz CT molecular complexity index is 1250. The number of Topliss-reactive ketones (excluding diaryl/α,β-unsaturated/α-hetero) is 1. The van der Waals surface area contributed by atoms with E-state index in [2.05, 4.69) is 53.4 Å². The second kappa shape index (κ2) is 12.4. The summed E-state index contributed by atoms with van der Waals surface area (Å²) in [6.07, 6.45) is -1.18. The molecule has 39 heavy (non-hydrogen) atoms. The number of likely N-dealkylation sites (tertiary alicyclic amines) is 1. The van der Waals surface area contributed by atoms with Crippen LogP contribution in [-0.4, -0.2) is 42.9 Å². The monoisotopic (exact) mass is 535 g/mol. The van der Waals surface area contributed by atoms with Gasteiger partial charge in [0.1, 0.15) is 5.57 Å². The van der Waals surface area contributed by atoms with Crippen molar-refractivity contribution in [2.75, 3.05) is 26.2 Å². The second-order valence-corrected chi connectivity index (χ2v) is 9.84. The first-order valence-corrected chi connectivity index (χ1v) is 13.1. The Balaban J connectivity index is 1.34. The molecule has 1 aliphatic heterocycles. The SMILES string of the molecule is CC(=O)C(=Cc1ccccc1C(F)(F)F)C(=O)OCCCN1CCC(c2ccccc2)(c2ccccc2)CC1. The van der Waals surface area contributed by atoms with Crippen molar-refractivity contribution in [3.05, 3.63) is 113 Å². The van der Waals surface area contributed by atoms with Gasteiger partial charge in [-0.3, -0.25) is 4.79 Å². The molecule has 4 nitrogen and oxygen atoms in total. The first-order valence-electron chi connectivity index (χ1n) is 13.1. The van der Waals surface area contributed by atoms with Crippen LogP contribution in [0.4, 0.5) is 13.2 Å². The fraction of sp³-hybridized carbons (Fsp3) is 0.312. The lowest BCUT2D eigenvalue weighted by Gasteiger charge is -2.43. The number of esters is 1. The number of rotatable bonds is 9. The molecule has 0 atom stereocenters. The zero-order chi connectivity index (χ0) is 27.9. The summed E-state index contributed by atoms with van der Waals surface area (Å²) in [5, 5.41) is 0. The average Bonchev–Trinajstić information content (AvgIpc) is 2.95. The second-order valence-electron chi connectivity index (χ2n) is 9.84. The van der Waals surface area contributed by atoms with Gasteiger partial charge in [-0.05, 0) is 68.1 Å². The summed E-state index contributed by atoms with van der Waals surface area (Å²) in [6.45, 7) is 3.68. The van der Waals surface area contributed by atoms with Crippen molar-refractivity contribution in [2.45, 2.75) is 37.8 Å². The molecular formula is C32H32F3NO3. The Morgan fingerprint density at radius 1 is 0.872 bits per heavy atom. The standard InChI is InChI=1S/C32H32F3NO3/c1-24(37)28(23-25-11-8-9-16-29(25)32(33,34)35)30(38)39-22-10-19-36-20-17-31(18-21-36,26-12-4-2-5-13-26)27-14-6-3-7-15-27/h2-9,11-16,23H,10,17-22H2,1H3. The quantitative estimate of drug-likeness (QED) is 0.101. The highest BCUT2D eigenvalue weighted by atomic mass is 19.4. The summed E-state index contributed by atoms with van der Waals surface area (Å²) in [6, 6.07) is 25.9. The van der Waals surface area contributed by atoms with E-state index in [0.29, 0.717) is 13.0 Å². The number of piperidine rings is 1. The highest BCUT2D eigenvalue weighted by molar-refractivity contribution is 6.19. The molecule has 1 saturated heterocycles. The van der Waals surface area contributed by atoms with Crippen molar-refractivity contribution in [3.63, 3.8) is 0 Å². The number of carbonyl (C=O) groups is 2. The van der Waals surface area contributed by atoms with Gasteiger partial charge in [-0.25, -0.2) is 4.79 Å². The molecule has 0 aromatic heterocycles. The lowest BCUT2D eigenvalue weighted by molar-refractivity contribution is -0.141. The molecule has 7 heteroatoms. The van der Waals surface area contributed by atoms with Crippen LogP contribution in [-0.2, 0) is 25.9 Å². The van der Waals surface area contributed by atoms with Crippen LogP contribution in [0.5, 0.6) is 0 Å². The van der Waals surface area contributed by atoms with E-state index in [1.165, 1.54) is 29.3 Å². The lowest BCUT2D eigenvalue weighted by atomic mass is 9.68. The van der Waals surface area contributed by atoms with Crippen molar-refractivity contribution in [1.82, 2.24) is 4.90 Å². The topological polar surface area (TPSA) is 46.6 Å². The van der Waals surface area contributed by atoms with Gasteiger partial charge in [0.05, 0.1) is 12.2 Å². The van der Waals surface area contributed by atoms with E-state index in [-0.39, 0.29) is 17.6 Å². The molecule has 1 heterocycles. The number of alkyl halides is 3. The third kappa shape index (κ3) is 6.84. The molecule has 204 valence electrons. The first kappa shape index (κ1) is 28.3. The predicted molar refractivity (Wildman–Crippen MR) is 145 cm³/mol. The third-order valence-corrected chi connectivity index (χ3v) is 7.38. The number of carbonyl (C=O) groups excluding carboxylic acids is 2. The highest BCUT2D eigenvalue weighted by Gasteiger charge is 2.37. The zero-order valence-corrected chi connectivity index (χ0v) is 21.9. The summed E-state index contributed by atoms with van der Waals surface area (Å²) >= 11 is 0. The molecular weight excluding hydrogens is 503 g/mol. The van der Waals surface area contributed by atoms with Crippen LogP contribution < -0.4 is 0 Å². The number of ketones is 1. The first-order chi connectivity index (χ1) is 18.7. The van der Waals surface area contributed by atoms with Crippen LogP contribution in [0.15, 0.2) is 90.5 Å². The Morgan fingerprint density at radius 3 is 1.95 bits per heavy atom. The number of benzene rings is 3. The Kier molecular flexibility index (Phi) is 9.02. The summed E-state index contributed by atoms with van der Waals surface area (Å²) in [5.74, 6) is -1.56. The van der Waals surface area contributed by atoms with Crippen LogP contribution in [0.25, 0.3) is 6.08 Å². The van der Waals surface area contributed by atoms with E-state index in [9.17, 15) is 22.8 Å². The van der Waals surface area contributed by atoms with Gasteiger partial charge in [0, 0.05) is 12.0 Å². The van der Waals surface area contributed by atoms with E-state index in [1.54, 1.807) is 0 Å². The van der Waals surface area contributed by atoms with Crippen LogP contribution in [0.1, 0.15) is 48.4 Å². The van der Waals surface area contributed by atoms with E-state index < -0.39 is 29.1 Å². The smallest absolute Gasteiger partial charge is 0.416 e. The largest absolute Gasteiger partial charge is 0.462 e. The number of ether oxygens (including phenoxy) is 1. The highest BCUT2D eigenvalue weighted by Crippen LogP contribution is 2.41. The summed E-state index contributed by atoms with van der Waals surface area (Å²) in [5.41, 5.74) is 0.991. The van der Waals surface area contributed by atoms with E-state index in [1.807, 2.05) is 12.1 Å². The van der Waals surface area contributed by atoms with E-state index >= 15 is 0 Å². The Labute approximate surface area is 227 Å². The number of nitrogens with zero attached hydrogens (tertiary/aromatic N) is 1. The van der Waals surface area contributed by atoms with E-state index in [0.717, 1.165) is 45.0 Å². The Hall–Kier alpha value is -3.71. The number of hydrogen-bond donors (Lipinski definition) is 0. The molecule has 4 rings (SSSR count). The fourth-order valence-corrected chi connectivity index (χ4v) is 5.29. The summed E-state index contributed by atoms with van der Waals surface area (Å²) < 4.78 is 45.3. The van der Waals surface area contributed by atoms with Gasteiger partial charge < -0.3 is 9.64 Å². The van der Waals surface area contributed by atoms with Gasteiger partial charge in [-0.1, -0.05) is 78.9 Å². The average molecular weight is 536 g/mol. The minimum absolute atomic E-state index is 0.0562. The van der Waals surface area contributed by atoms with Crippen molar-refractivity contribution in [1.29, 1.82) is 0 Å². The van der Waals surface area contributed by atoms with Crippen molar-refractivity contribution in [2.24, 2.45) is 0 Å². The minimum atomic E-state index is -4.61. The molecule has 0 aliphatic carbocycles. The van der Waals surface area contributed by atoms with E-state index in [4.69, 9.17) is 4.74 Å². The molecule has 0 unspecified atom stereocenters. The molecule has 3 aromatic carbocycles. The van der Waals surface area contributed by atoms with Gasteiger partial charge in [0.25, 0.3) is 0 Å². The maximum Gasteiger partial charge on any atom is 0.416 e. The maximum atomic E-state index is 13.3. The van der Waals surface area contributed by atoms with Crippen LogP contribution >= 0.6 is 0 Å². The lowest BCUT2D eigenvalue weighted by Crippen LogP contribution is -2.43. The van der Waals surface area contributed by atoms with Crippen molar-refractivity contribution >= 4 is 17.8 Å². The normalized spacial score (nSPS) is 16.1. The molecule has 3 aromatic rings. The minimum Gasteiger partial charge on any atom is -0.462 e. The molecule has 1 aliphatic rings. The maximum absolute atomic E-state index is 13.3. The summed E-state index contributed by atoms with van der Waals surface area (Å²) in [7, 11) is 0. The van der Waals surface area contributed by atoms with Gasteiger partial charge >= 0.3 is 12.1 Å². The molecule has 0 amide bonds. The predicted octanol–water partition coefficient (Wildman–Crippen LogP) is 6.69. The Morgan fingerprint density at radius 2 is 1.41 bits per heavy atom. The van der Waals surface area contributed by atoms with Crippen molar-refractivity contribution < 1.29 is 27.5 Å². The molecule has 0 radical (unpaired) electrons. The van der Waals surface area contributed by atoms with Gasteiger partial charge in [0.15, 0.2) is 5.78 Å². The van der Waals surface area contributed by atoms with Crippen LogP contribution in [0.2, 0.25) is 0 Å². The van der Waals surface area contributed by atoms with Crippen LogP contribution in [0.3, 0.4) is 0 Å². The third-order valence-electron chi connectivity index (χ3n) is 7.38. The summed E-state index contributed by atoms with van der Waals surface area (Å²) in [4.78, 5) is 27.0. The molecule has 0 bridgehead atoms. The molecule has 1 fully saturated rings. The van der Waals surface area contributed by atoms with Crippen molar-refractivity contribution in [3.8, 4) is 0 Å². The molecule has 0 spiro atoms. The molecule has 0 saturated carbocycles.